The van der Waals surface area contributed by atoms with Crippen molar-refractivity contribution in [3.05, 3.63) is 29.1 Å². The number of thioether (sulfide) groups is 1. The zero-order valence-electron chi connectivity index (χ0n) is 6.94. The molecule has 0 saturated heterocycles. The van der Waals surface area contributed by atoms with Gasteiger partial charge in [-0.25, -0.2) is 4.39 Å². The molecule has 0 atom stereocenters. The number of rotatable bonds is 1. The largest absolute Gasteiger partial charge is 0.207 e. The van der Waals surface area contributed by atoms with Crippen LogP contribution in [0, 0.1) is 19.7 Å². The molecule has 2 heteroatoms. The van der Waals surface area contributed by atoms with E-state index in [1.165, 1.54) is 4.90 Å². The average molecular weight is 170 g/mol. The monoisotopic (exact) mass is 170 g/mol. The normalized spacial score (nSPS) is 10.2. The smallest absolute Gasteiger partial charge is 0.123 e. The first-order valence-electron chi connectivity index (χ1n) is 3.46. The fourth-order valence-corrected chi connectivity index (χ4v) is 1.98. The average Bonchev–Trinajstić information content (AvgIpc) is 1.85. The molecule has 0 aliphatic heterocycles. The standard InChI is InChI=1S/C9H11FS/c1-6-4-8(10)5-7(2)9(6)11-3/h4-5H,1-3H3. The van der Waals surface area contributed by atoms with Crippen LogP contribution in [0.25, 0.3) is 0 Å². The van der Waals surface area contributed by atoms with Crippen molar-refractivity contribution in [1.29, 1.82) is 0 Å². The molecule has 0 fully saturated rings. The summed E-state index contributed by atoms with van der Waals surface area (Å²) in [7, 11) is 0. The van der Waals surface area contributed by atoms with Crippen molar-refractivity contribution in [2.75, 3.05) is 6.26 Å². The number of halogens is 1. The van der Waals surface area contributed by atoms with Crippen LogP contribution >= 0.6 is 11.8 Å². The van der Waals surface area contributed by atoms with Gasteiger partial charge in [-0.2, -0.15) is 0 Å². The van der Waals surface area contributed by atoms with Gasteiger partial charge in [0.15, 0.2) is 0 Å². The van der Waals surface area contributed by atoms with Crippen LogP contribution in [0.3, 0.4) is 0 Å². The fourth-order valence-electron chi connectivity index (χ4n) is 1.22. The molecule has 0 bridgehead atoms. The highest BCUT2D eigenvalue weighted by atomic mass is 32.2. The molecule has 60 valence electrons. The summed E-state index contributed by atoms with van der Waals surface area (Å²) in [5.74, 6) is -0.141. The minimum absolute atomic E-state index is 0.141. The first-order chi connectivity index (χ1) is 5.15. The molecule has 0 aliphatic rings. The van der Waals surface area contributed by atoms with Crippen LogP contribution in [0.15, 0.2) is 17.0 Å². The first-order valence-corrected chi connectivity index (χ1v) is 4.68. The summed E-state index contributed by atoms with van der Waals surface area (Å²) in [6.07, 6.45) is 2.01. The van der Waals surface area contributed by atoms with Gasteiger partial charge in [0, 0.05) is 4.90 Å². The Bertz CT molecular complexity index is 245. The molecule has 1 aromatic rings. The molecule has 0 nitrogen and oxygen atoms in total. The molecule has 1 aromatic carbocycles. The van der Waals surface area contributed by atoms with Gasteiger partial charge >= 0.3 is 0 Å². The predicted molar refractivity (Wildman–Crippen MR) is 47.7 cm³/mol. The van der Waals surface area contributed by atoms with E-state index in [0.29, 0.717) is 0 Å². The Kier molecular flexibility index (Phi) is 2.55. The van der Waals surface area contributed by atoms with E-state index >= 15 is 0 Å². The lowest BCUT2D eigenvalue weighted by molar-refractivity contribution is 0.623. The molecule has 1 rings (SSSR count). The van der Waals surface area contributed by atoms with Crippen molar-refractivity contribution < 1.29 is 4.39 Å². The van der Waals surface area contributed by atoms with Gasteiger partial charge in [0.25, 0.3) is 0 Å². The van der Waals surface area contributed by atoms with Crippen LogP contribution in [-0.4, -0.2) is 6.26 Å². The molecule has 0 saturated carbocycles. The summed E-state index contributed by atoms with van der Waals surface area (Å²) in [5, 5.41) is 0. The zero-order valence-corrected chi connectivity index (χ0v) is 7.76. The van der Waals surface area contributed by atoms with Crippen LogP contribution < -0.4 is 0 Å². The van der Waals surface area contributed by atoms with E-state index in [4.69, 9.17) is 0 Å². The molecular formula is C9H11FS. The lowest BCUT2D eigenvalue weighted by atomic mass is 10.1. The minimum Gasteiger partial charge on any atom is -0.207 e. The lowest BCUT2D eigenvalue weighted by Crippen LogP contribution is -1.86. The van der Waals surface area contributed by atoms with Crippen LogP contribution in [0.2, 0.25) is 0 Å². The third kappa shape index (κ3) is 1.74. The first kappa shape index (κ1) is 8.60. The fraction of sp³-hybridized carbons (Fsp3) is 0.333. The van der Waals surface area contributed by atoms with Crippen LogP contribution in [-0.2, 0) is 0 Å². The maximum absolute atomic E-state index is 12.7. The lowest BCUT2D eigenvalue weighted by Gasteiger charge is -2.05. The topological polar surface area (TPSA) is 0 Å². The molecular weight excluding hydrogens is 159 g/mol. The van der Waals surface area contributed by atoms with Crippen molar-refractivity contribution in [3.8, 4) is 0 Å². The molecule has 0 unspecified atom stereocenters. The highest BCUT2D eigenvalue weighted by Crippen LogP contribution is 2.24. The molecule has 0 heterocycles. The number of hydrogen-bond donors (Lipinski definition) is 0. The second kappa shape index (κ2) is 3.26. The maximum atomic E-state index is 12.7. The van der Waals surface area contributed by atoms with Crippen molar-refractivity contribution in [2.24, 2.45) is 0 Å². The highest BCUT2D eigenvalue weighted by Gasteiger charge is 2.02. The van der Waals surface area contributed by atoms with Gasteiger partial charge in [0.2, 0.25) is 0 Å². The van der Waals surface area contributed by atoms with Crippen molar-refractivity contribution in [1.82, 2.24) is 0 Å². The van der Waals surface area contributed by atoms with Crippen LogP contribution in [0.1, 0.15) is 11.1 Å². The van der Waals surface area contributed by atoms with Gasteiger partial charge in [0.05, 0.1) is 0 Å². The van der Waals surface area contributed by atoms with E-state index in [1.807, 2.05) is 20.1 Å². The Morgan fingerprint density at radius 1 is 1.18 bits per heavy atom. The van der Waals surface area contributed by atoms with E-state index in [-0.39, 0.29) is 5.82 Å². The molecule has 0 spiro atoms. The summed E-state index contributed by atoms with van der Waals surface area (Å²) < 4.78 is 12.7. The molecule has 0 N–H and O–H groups in total. The van der Waals surface area contributed by atoms with Gasteiger partial charge in [0.1, 0.15) is 5.82 Å². The molecule has 11 heavy (non-hydrogen) atoms. The van der Waals surface area contributed by atoms with E-state index in [0.717, 1.165) is 11.1 Å². The quantitative estimate of drug-likeness (QED) is 0.583. The number of benzene rings is 1. The second-order valence-corrected chi connectivity index (χ2v) is 3.39. The van der Waals surface area contributed by atoms with Crippen LogP contribution in [0.4, 0.5) is 4.39 Å². The SMILES string of the molecule is CSc1c(C)cc(F)cc1C. The van der Waals surface area contributed by atoms with Crippen LogP contribution in [0.5, 0.6) is 0 Å². The number of hydrogen-bond acceptors (Lipinski definition) is 1. The molecule has 0 radical (unpaired) electrons. The zero-order chi connectivity index (χ0) is 8.43. The van der Waals surface area contributed by atoms with Gasteiger partial charge in [-0.05, 0) is 43.4 Å². The van der Waals surface area contributed by atoms with Crippen molar-refractivity contribution in [3.63, 3.8) is 0 Å². The van der Waals surface area contributed by atoms with Gasteiger partial charge < -0.3 is 0 Å². The van der Waals surface area contributed by atoms with E-state index in [1.54, 1.807) is 23.9 Å². The van der Waals surface area contributed by atoms with Gasteiger partial charge in [-0.1, -0.05) is 0 Å². The predicted octanol–water partition coefficient (Wildman–Crippen LogP) is 3.16. The van der Waals surface area contributed by atoms with E-state index < -0.39 is 0 Å². The van der Waals surface area contributed by atoms with Crippen molar-refractivity contribution >= 4 is 11.8 Å². The third-order valence-electron chi connectivity index (χ3n) is 1.63. The minimum atomic E-state index is -0.141. The summed E-state index contributed by atoms with van der Waals surface area (Å²) in [4.78, 5) is 1.19. The Morgan fingerprint density at radius 3 is 2.00 bits per heavy atom. The molecule has 0 aromatic heterocycles. The summed E-state index contributed by atoms with van der Waals surface area (Å²) in [6, 6.07) is 3.14. The highest BCUT2D eigenvalue weighted by molar-refractivity contribution is 7.98. The van der Waals surface area contributed by atoms with Crippen molar-refractivity contribution in [2.45, 2.75) is 18.7 Å². The maximum Gasteiger partial charge on any atom is 0.123 e. The summed E-state index contributed by atoms with van der Waals surface area (Å²) >= 11 is 1.66. The summed E-state index contributed by atoms with van der Waals surface area (Å²) in [5.41, 5.74) is 2.05. The Morgan fingerprint density at radius 2 is 1.64 bits per heavy atom. The Labute approximate surface area is 70.8 Å². The number of aryl methyl sites for hydroxylation is 2. The third-order valence-corrected chi connectivity index (χ3v) is 2.68. The van der Waals surface area contributed by atoms with Gasteiger partial charge in [-0.3, -0.25) is 0 Å². The Hall–Kier alpha value is -0.500. The van der Waals surface area contributed by atoms with E-state index in [9.17, 15) is 4.39 Å². The second-order valence-electron chi connectivity index (χ2n) is 2.57. The summed E-state index contributed by atoms with van der Waals surface area (Å²) in [6.45, 7) is 3.86. The van der Waals surface area contributed by atoms with Gasteiger partial charge in [-0.15, -0.1) is 11.8 Å². The Balaban J connectivity index is 3.25. The van der Waals surface area contributed by atoms with E-state index in [2.05, 4.69) is 0 Å². The molecule has 0 amide bonds. The molecule has 0 aliphatic carbocycles.